The van der Waals surface area contributed by atoms with Gasteiger partial charge in [-0.1, -0.05) is 25.1 Å². The maximum atomic E-state index is 5.63. The van der Waals surface area contributed by atoms with Crippen LogP contribution in [0.15, 0.2) is 42.7 Å². The number of nitrogens with two attached hydrogens (primary N) is 1. The van der Waals surface area contributed by atoms with E-state index >= 15 is 0 Å². The van der Waals surface area contributed by atoms with Crippen molar-refractivity contribution in [3.8, 4) is 0 Å². The Bertz CT molecular complexity index is 747. The zero-order valence-electron chi connectivity index (χ0n) is 12.1. The predicted molar refractivity (Wildman–Crippen MR) is 84.9 cm³/mol. The molecule has 0 aliphatic heterocycles. The Kier molecular flexibility index (Phi) is 3.83. The lowest BCUT2D eigenvalue weighted by atomic mass is 10.1. The molecule has 21 heavy (non-hydrogen) atoms. The summed E-state index contributed by atoms with van der Waals surface area (Å²) in [5.74, 6) is 7.43. The van der Waals surface area contributed by atoms with Crippen LogP contribution in [0, 0.1) is 0 Å². The van der Waals surface area contributed by atoms with Gasteiger partial charge in [-0.15, -0.1) is 0 Å². The van der Waals surface area contributed by atoms with Crippen molar-refractivity contribution in [3.05, 3.63) is 54.1 Å². The molecule has 5 nitrogen and oxygen atoms in total. The molecule has 0 radical (unpaired) electrons. The smallest absolute Gasteiger partial charge is 0.145 e. The minimum atomic E-state index is 0.713. The van der Waals surface area contributed by atoms with Crippen LogP contribution in [0.4, 0.5) is 5.82 Å². The van der Waals surface area contributed by atoms with Crippen LogP contribution in [-0.4, -0.2) is 14.5 Å². The second-order valence-corrected chi connectivity index (χ2v) is 5.05. The number of nitrogens with zero attached hydrogens (tertiary/aromatic N) is 3. The van der Waals surface area contributed by atoms with E-state index < -0.39 is 0 Å². The number of rotatable bonds is 5. The van der Waals surface area contributed by atoms with E-state index in [-0.39, 0.29) is 0 Å². The topological polar surface area (TPSA) is 68.8 Å². The molecule has 0 atom stereocenters. The molecule has 3 aromatic rings. The van der Waals surface area contributed by atoms with Gasteiger partial charge >= 0.3 is 0 Å². The fourth-order valence-electron chi connectivity index (χ4n) is 2.52. The molecule has 0 unspecified atom stereocenters. The third-order valence-electron chi connectivity index (χ3n) is 3.56. The molecular weight excluding hydrogens is 262 g/mol. The minimum absolute atomic E-state index is 0.713. The molecule has 0 saturated carbocycles. The van der Waals surface area contributed by atoms with Gasteiger partial charge in [-0.05, 0) is 18.6 Å². The molecule has 0 aliphatic carbocycles. The first-order chi connectivity index (χ1) is 10.3. The average Bonchev–Trinajstić information content (AvgIpc) is 2.94. The first-order valence-corrected chi connectivity index (χ1v) is 7.17. The molecule has 5 heteroatoms. The van der Waals surface area contributed by atoms with Gasteiger partial charge < -0.3 is 9.99 Å². The Balaban J connectivity index is 2.00. The minimum Gasteiger partial charge on any atom is -0.330 e. The van der Waals surface area contributed by atoms with Crippen molar-refractivity contribution in [1.29, 1.82) is 0 Å². The van der Waals surface area contributed by atoms with Gasteiger partial charge in [-0.25, -0.2) is 15.8 Å². The molecule has 2 heterocycles. The predicted octanol–water partition coefficient (Wildman–Crippen LogP) is 2.72. The number of benzene rings is 1. The van der Waals surface area contributed by atoms with Gasteiger partial charge in [0.25, 0.3) is 0 Å². The second kappa shape index (κ2) is 5.93. The number of aryl methyl sites for hydroxylation is 1. The van der Waals surface area contributed by atoms with Crippen molar-refractivity contribution in [2.75, 3.05) is 5.43 Å². The summed E-state index contributed by atoms with van der Waals surface area (Å²) >= 11 is 0. The van der Waals surface area contributed by atoms with Crippen molar-refractivity contribution in [2.24, 2.45) is 5.84 Å². The van der Waals surface area contributed by atoms with E-state index in [2.05, 4.69) is 39.0 Å². The Hall–Kier alpha value is -2.40. The van der Waals surface area contributed by atoms with Gasteiger partial charge in [-0.3, -0.25) is 0 Å². The molecule has 1 aromatic carbocycles. The summed E-state index contributed by atoms with van der Waals surface area (Å²) in [6, 6.07) is 10.2. The van der Waals surface area contributed by atoms with Crippen LogP contribution < -0.4 is 11.3 Å². The fraction of sp³-hybridized carbons (Fsp3) is 0.250. The molecule has 108 valence electrons. The van der Waals surface area contributed by atoms with Crippen molar-refractivity contribution in [3.63, 3.8) is 0 Å². The quantitative estimate of drug-likeness (QED) is 0.557. The molecule has 0 bridgehead atoms. The number of imidazole rings is 1. The number of anilines is 1. The van der Waals surface area contributed by atoms with E-state index in [0.29, 0.717) is 12.4 Å². The largest absolute Gasteiger partial charge is 0.330 e. The number of hydrogen-bond donors (Lipinski definition) is 2. The summed E-state index contributed by atoms with van der Waals surface area (Å²) in [6.07, 6.45) is 5.89. The number of fused-ring (bicyclic) bond motifs is 1. The number of nitrogen functional groups attached to an aromatic ring is 1. The van der Waals surface area contributed by atoms with Gasteiger partial charge in [0.15, 0.2) is 0 Å². The summed E-state index contributed by atoms with van der Waals surface area (Å²) in [7, 11) is 0. The Morgan fingerprint density at radius 2 is 2.14 bits per heavy atom. The van der Waals surface area contributed by atoms with Gasteiger partial charge in [0, 0.05) is 29.8 Å². The summed E-state index contributed by atoms with van der Waals surface area (Å²) in [5, 5.41) is 1.11. The zero-order chi connectivity index (χ0) is 14.7. The van der Waals surface area contributed by atoms with Crippen LogP contribution in [0.3, 0.4) is 0 Å². The number of nitrogens with one attached hydrogen (secondary N) is 1. The first-order valence-electron chi connectivity index (χ1n) is 7.17. The SMILES string of the molecule is CCCc1nccn1Cc1cc2ccccc2nc1NN. The highest BCUT2D eigenvalue weighted by molar-refractivity contribution is 5.81. The summed E-state index contributed by atoms with van der Waals surface area (Å²) in [4.78, 5) is 8.99. The summed E-state index contributed by atoms with van der Waals surface area (Å²) < 4.78 is 2.15. The Morgan fingerprint density at radius 1 is 1.29 bits per heavy atom. The standard InChI is InChI=1S/C16H19N5/c1-2-5-15-18-8-9-21(15)11-13-10-12-6-3-4-7-14(12)19-16(13)20-17/h3-4,6-10H,2,5,11,17H2,1H3,(H,19,20). The van der Waals surface area contributed by atoms with Crippen molar-refractivity contribution in [2.45, 2.75) is 26.3 Å². The maximum Gasteiger partial charge on any atom is 0.145 e. The van der Waals surface area contributed by atoms with Crippen molar-refractivity contribution < 1.29 is 0 Å². The van der Waals surface area contributed by atoms with E-state index in [4.69, 9.17) is 5.84 Å². The molecule has 0 fully saturated rings. The van der Waals surface area contributed by atoms with Gasteiger partial charge in [0.2, 0.25) is 0 Å². The van der Waals surface area contributed by atoms with E-state index in [1.54, 1.807) is 0 Å². The molecule has 3 N–H and O–H groups in total. The second-order valence-electron chi connectivity index (χ2n) is 5.05. The van der Waals surface area contributed by atoms with Crippen LogP contribution in [0.2, 0.25) is 0 Å². The molecule has 3 rings (SSSR count). The lowest BCUT2D eigenvalue weighted by Gasteiger charge is -2.12. The van der Waals surface area contributed by atoms with Crippen LogP contribution in [0.5, 0.6) is 0 Å². The Morgan fingerprint density at radius 3 is 2.95 bits per heavy atom. The molecule has 0 aliphatic rings. The fourth-order valence-corrected chi connectivity index (χ4v) is 2.52. The summed E-state index contributed by atoms with van der Waals surface area (Å²) in [6.45, 7) is 2.87. The highest BCUT2D eigenvalue weighted by atomic mass is 15.3. The van der Waals surface area contributed by atoms with E-state index in [0.717, 1.165) is 35.1 Å². The number of pyridine rings is 1. The highest BCUT2D eigenvalue weighted by Crippen LogP contribution is 2.21. The zero-order valence-corrected chi connectivity index (χ0v) is 12.1. The molecule has 0 spiro atoms. The molecule has 2 aromatic heterocycles. The number of para-hydroxylation sites is 1. The van der Waals surface area contributed by atoms with Crippen LogP contribution >= 0.6 is 0 Å². The van der Waals surface area contributed by atoms with E-state index in [9.17, 15) is 0 Å². The average molecular weight is 281 g/mol. The third kappa shape index (κ3) is 2.73. The Labute approximate surface area is 123 Å². The van der Waals surface area contributed by atoms with Gasteiger partial charge in [0.1, 0.15) is 11.6 Å². The number of hydrazine groups is 1. The lowest BCUT2D eigenvalue weighted by Crippen LogP contribution is -2.13. The monoisotopic (exact) mass is 281 g/mol. The van der Waals surface area contributed by atoms with Crippen molar-refractivity contribution >= 4 is 16.7 Å². The molecule has 0 amide bonds. The van der Waals surface area contributed by atoms with Crippen LogP contribution in [0.1, 0.15) is 24.7 Å². The van der Waals surface area contributed by atoms with Gasteiger partial charge in [0.05, 0.1) is 12.1 Å². The highest BCUT2D eigenvalue weighted by Gasteiger charge is 2.09. The first kappa shape index (κ1) is 13.6. The van der Waals surface area contributed by atoms with Crippen LogP contribution in [0.25, 0.3) is 10.9 Å². The van der Waals surface area contributed by atoms with Crippen molar-refractivity contribution in [1.82, 2.24) is 14.5 Å². The third-order valence-corrected chi connectivity index (χ3v) is 3.56. The van der Waals surface area contributed by atoms with E-state index in [1.807, 2.05) is 30.6 Å². The molecular formula is C16H19N5. The summed E-state index contributed by atoms with van der Waals surface area (Å²) in [5.41, 5.74) is 4.71. The number of aromatic nitrogens is 3. The van der Waals surface area contributed by atoms with E-state index in [1.165, 1.54) is 0 Å². The van der Waals surface area contributed by atoms with Gasteiger partial charge in [-0.2, -0.15) is 0 Å². The maximum absolute atomic E-state index is 5.63. The lowest BCUT2D eigenvalue weighted by molar-refractivity contribution is 0.705. The normalized spacial score (nSPS) is 11.0. The number of hydrogen-bond acceptors (Lipinski definition) is 4. The van der Waals surface area contributed by atoms with Crippen LogP contribution in [-0.2, 0) is 13.0 Å². The molecule has 0 saturated heterocycles.